The molecule has 1 radical (unpaired) electrons. The van der Waals surface area contributed by atoms with Gasteiger partial charge in [0.1, 0.15) is 0 Å². The van der Waals surface area contributed by atoms with E-state index in [9.17, 15) is 0 Å². The van der Waals surface area contributed by atoms with Gasteiger partial charge in [0, 0.05) is 39.4 Å². The van der Waals surface area contributed by atoms with Gasteiger partial charge in [0.15, 0.2) is 0 Å². The van der Waals surface area contributed by atoms with Gasteiger partial charge in [-0.15, -0.1) is 0 Å². The van der Waals surface area contributed by atoms with Gasteiger partial charge in [-0.3, -0.25) is 0 Å². The van der Waals surface area contributed by atoms with Crippen LogP contribution in [-0.2, 0) is 27.0 Å². The van der Waals surface area contributed by atoms with Crippen molar-refractivity contribution in [1.82, 2.24) is 9.55 Å². The zero-order valence-corrected chi connectivity index (χ0v) is 8.84. The zero-order valence-electron chi connectivity index (χ0n) is 6.13. The van der Waals surface area contributed by atoms with Crippen molar-refractivity contribution < 1.29 is 20.4 Å². The molecule has 0 amide bonds. The minimum Gasteiger partial charge on any atom is -0.337 e. The first-order valence-electron chi connectivity index (χ1n) is 3.39. The van der Waals surface area contributed by atoms with Crippen molar-refractivity contribution in [2.24, 2.45) is 0 Å². The van der Waals surface area contributed by atoms with Crippen molar-refractivity contribution in [3.8, 4) is 0 Å². The third kappa shape index (κ3) is 3.15. The number of hydrogen-bond donors (Lipinski definition) is 0. The molecule has 0 saturated heterocycles. The average molecular weight is 310 g/mol. The van der Waals surface area contributed by atoms with Crippen molar-refractivity contribution in [2.45, 2.75) is 26.3 Å². The molecular formula is C7H12N2Re. The molecule has 1 aromatic rings. The van der Waals surface area contributed by atoms with Crippen LogP contribution in [0.4, 0.5) is 0 Å². The molecular weight excluding hydrogens is 298 g/mol. The number of aromatic nitrogens is 2. The van der Waals surface area contributed by atoms with E-state index in [4.69, 9.17) is 0 Å². The Bertz CT molecular complexity index is 149. The van der Waals surface area contributed by atoms with Gasteiger partial charge >= 0.3 is 0 Å². The number of rotatable bonds is 3. The Morgan fingerprint density at radius 2 is 2.30 bits per heavy atom. The van der Waals surface area contributed by atoms with Crippen LogP contribution in [0.2, 0.25) is 0 Å². The Morgan fingerprint density at radius 1 is 1.50 bits per heavy atom. The molecule has 0 bridgehead atoms. The zero-order chi connectivity index (χ0) is 6.53. The van der Waals surface area contributed by atoms with Crippen molar-refractivity contribution in [3.05, 3.63) is 18.7 Å². The second-order valence-electron chi connectivity index (χ2n) is 2.15. The van der Waals surface area contributed by atoms with Crippen LogP contribution in [0.5, 0.6) is 0 Å². The molecule has 3 heteroatoms. The second-order valence-corrected chi connectivity index (χ2v) is 2.15. The summed E-state index contributed by atoms with van der Waals surface area (Å²) in [4.78, 5) is 3.94. The number of unbranched alkanes of at least 4 members (excludes halogenated alkanes) is 1. The fourth-order valence-electron chi connectivity index (χ4n) is 0.760. The largest absolute Gasteiger partial charge is 0.337 e. The van der Waals surface area contributed by atoms with Gasteiger partial charge in [-0.2, -0.15) is 0 Å². The van der Waals surface area contributed by atoms with Crippen molar-refractivity contribution in [3.63, 3.8) is 0 Å². The molecule has 2 nitrogen and oxygen atoms in total. The summed E-state index contributed by atoms with van der Waals surface area (Å²) in [5.74, 6) is 0. The predicted molar refractivity (Wildman–Crippen MR) is 37.1 cm³/mol. The molecule has 1 aromatic heterocycles. The molecule has 57 valence electrons. The fraction of sp³-hybridized carbons (Fsp3) is 0.571. The molecule has 0 N–H and O–H groups in total. The third-order valence-corrected chi connectivity index (χ3v) is 1.33. The Kier molecular flexibility index (Phi) is 5.57. The number of aryl methyl sites for hydroxylation is 1. The Balaban J connectivity index is 0.000000810. The minimum absolute atomic E-state index is 0. The maximum absolute atomic E-state index is 3.94. The van der Waals surface area contributed by atoms with E-state index in [0.29, 0.717) is 0 Å². The Morgan fingerprint density at radius 3 is 2.80 bits per heavy atom. The Labute approximate surface area is 75.3 Å². The summed E-state index contributed by atoms with van der Waals surface area (Å²) in [6.07, 6.45) is 8.16. The molecule has 0 spiro atoms. The van der Waals surface area contributed by atoms with Crippen LogP contribution in [0, 0.1) is 0 Å². The quantitative estimate of drug-likeness (QED) is 0.831. The first-order valence-corrected chi connectivity index (χ1v) is 3.39. The number of hydrogen-bond acceptors (Lipinski definition) is 1. The summed E-state index contributed by atoms with van der Waals surface area (Å²) in [5.41, 5.74) is 0. The maximum Gasteiger partial charge on any atom is 0.0945 e. The van der Waals surface area contributed by atoms with Crippen molar-refractivity contribution in [2.75, 3.05) is 0 Å². The van der Waals surface area contributed by atoms with E-state index in [-0.39, 0.29) is 20.4 Å². The summed E-state index contributed by atoms with van der Waals surface area (Å²) in [6, 6.07) is 0. The normalized spacial score (nSPS) is 8.90. The van der Waals surface area contributed by atoms with Crippen LogP contribution in [0.1, 0.15) is 19.8 Å². The fourth-order valence-corrected chi connectivity index (χ4v) is 0.760. The van der Waals surface area contributed by atoms with Crippen LogP contribution >= 0.6 is 0 Å². The van der Waals surface area contributed by atoms with E-state index >= 15 is 0 Å². The molecule has 0 unspecified atom stereocenters. The second kappa shape index (κ2) is 5.64. The molecule has 1 heterocycles. The molecule has 0 aromatic carbocycles. The van der Waals surface area contributed by atoms with Crippen molar-refractivity contribution in [1.29, 1.82) is 0 Å². The molecule has 0 fully saturated rings. The van der Waals surface area contributed by atoms with E-state index in [1.54, 1.807) is 0 Å². The van der Waals surface area contributed by atoms with E-state index in [2.05, 4.69) is 16.5 Å². The molecule has 0 aliphatic rings. The Hall–Kier alpha value is -0.128. The van der Waals surface area contributed by atoms with Crippen LogP contribution < -0.4 is 0 Å². The van der Waals surface area contributed by atoms with Gasteiger partial charge in [-0.1, -0.05) is 13.3 Å². The minimum atomic E-state index is 0. The molecule has 0 aliphatic heterocycles. The third-order valence-electron chi connectivity index (χ3n) is 1.33. The van der Waals surface area contributed by atoms with Crippen LogP contribution in [0.25, 0.3) is 0 Å². The van der Waals surface area contributed by atoms with Gasteiger partial charge in [0.25, 0.3) is 0 Å². The number of nitrogens with zero attached hydrogens (tertiary/aromatic N) is 2. The van der Waals surface area contributed by atoms with Crippen LogP contribution in [0.3, 0.4) is 0 Å². The topological polar surface area (TPSA) is 17.8 Å². The molecule has 10 heavy (non-hydrogen) atoms. The molecule has 1 rings (SSSR count). The average Bonchev–Trinajstić information content (AvgIpc) is 2.34. The van der Waals surface area contributed by atoms with Crippen molar-refractivity contribution >= 4 is 0 Å². The SMILES string of the molecule is CCCCn1ccnc1.[Re]. The molecule has 0 saturated carbocycles. The summed E-state index contributed by atoms with van der Waals surface area (Å²) in [7, 11) is 0. The van der Waals surface area contributed by atoms with E-state index in [1.807, 2.05) is 18.7 Å². The van der Waals surface area contributed by atoms with Crippen LogP contribution in [-0.4, -0.2) is 9.55 Å². The summed E-state index contributed by atoms with van der Waals surface area (Å²) in [5, 5.41) is 0. The monoisotopic (exact) mass is 311 g/mol. The maximum atomic E-state index is 3.94. The molecule has 0 atom stereocenters. The van der Waals surface area contributed by atoms with Crippen LogP contribution in [0.15, 0.2) is 18.7 Å². The summed E-state index contributed by atoms with van der Waals surface area (Å²) >= 11 is 0. The summed E-state index contributed by atoms with van der Waals surface area (Å²) < 4.78 is 2.10. The summed E-state index contributed by atoms with van der Waals surface area (Å²) in [6.45, 7) is 3.30. The van der Waals surface area contributed by atoms with E-state index in [1.165, 1.54) is 12.8 Å². The van der Waals surface area contributed by atoms with E-state index < -0.39 is 0 Å². The molecule has 0 aliphatic carbocycles. The van der Waals surface area contributed by atoms with Gasteiger partial charge in [0.05, 0.1) is 6.33 Å². The van der Waals surface area contributed by atoms with E-state index in [0.717, 1.165) is 6.54 Å². The predicted octanol–water partition coefficient (Wildman–Crippen LogP) is 1.68. The van der Waals surface area contributed by atoms with Gasteiger partial charge in [0.2, 0.25) is 0 Å². The van der Waals surface area contributed by atoms with Gasteiger partial charge < -0.3 is 4.57 Å². The van der Waals surface area contributed by atoms with Gasteiger partial charge in [-0.05, 0) is 6.42 Å². The first-order chi connectivity index (χ1) is 4.43. The number of imidazole rings is 1. The van der Waals surface area contributed by atoms with Gasteiger partial charge in [-0.25, -0.2) is 4.98 Å². The first kappa shape index (κ1) is 9.87. The smallest absolute Gasteiger partial charge is 0.0945 e. The standard InChI is InChI=1S/C7H12N2.Re/c1-2-3-5-9-6-4-8-7-9;/h4,6-7H,2-3,5H2,1H3;.